The number of carbonyl (C=O) groups is 2. The number of anilines is 1. The van der Waals surface area contributed by atoms with E-state index in [9.17, 15) is 9.59 Å². The molecular weight excluding hydrogens is 376 g/mol. The number of rotatable bonds is 4. The van der Waals surface area contributed by atoms with Crippen molar-refractivity contribution in [2.75, 3.05) is 11.9 Å². The minimum Gasteiger partial charge on any atom is -0.350 e. The van der Waals surface area contributed by atoms with E-state index in [-0.39, 0.29) is 24.4 Å². The van der Waals surface area contributed by atoms with Gasteiger partial charge in [-0.1, -0.05) is 36.4 Å². The van der Waals surface area contributed by atoms with Crippen LogP contribution in [0.2, 0.25) is 0 Å². The number of aryl methyl sites for hydroxylation is 1. The van der Waals surface area contributed by atoms with Gasteiger partial charge in [-0.05, 0) is 29.8 Å². The maximum absolute atomic E-state index is 13.2. The van der Waals surface area contributed by atoms with E-state index in [0.717, 1.165) is 22.0 Å². The van der Waals surface area contributed by atoms with Crippen LogP contribution in [-0.2, 0) is 11.8 Å². The van der Waals surface area contributed by atoms with Gasteiger partial charge in [0.15, 0.2) is 0 Å². The van der Waals surface area contributed by atoms with Crippen molar-refractivity contribution in [1.29, 1.82) is 0 Å². The van der Waals surface area contributed by atoms with Gasteiger partial charge in [-0.2, -0.15) is 0 Å². The summed E-state index contributed by atoms with van der Waals surface area (Å²) in [7, 11) is 1.99. The van der Waals surface area contributed by atoms with Crippen LogP contribution in [0.25, 0.3) is 10.9 Å². The Kier molecular flexibility index (Phi) is 4.32. The quantitative estimate of drug-likeness (QED) is 0.571. The van der Waals surface area contributed by atoms with E-state index in [1.165, 1.54) is 0 Å². The molecule has 0 saturated heterocycles. The first-order valence-corrected chi connectivity index (χ1v) is 9.77. The molecule has 4 aromatic rings. The van der Waals surface area contributed by atoms with Crippen molar-refractivity contribution in [2.45, 2.75) is 6.04 Å². The zero-order valence-corrected chi connectivity index (χ0v) is 16.4. The van der Waals surface area contributed by atoms with Gasteiger partial charge in [0.25, 0.3) is 5.91 Å². The van der Waals surface area contributed by atoms with Gasteiger partial charge in [0.05, 0.1) is 17.9 Å². The lowest BCUT2D eigenvalue weighted by atomic mass is 9.97. The molecule has 3 heterocycles. The van der Waals surface area contributed by atoms with Crippen LogP contribution in [0, 0.1) is 0 Å². The highest BCUT2D eigenvalue weighted by atomic mass is 16.2. The summed E-state index contributed by atoms with van der Waals surface area (Å²) < 4.78 is 2.06. The second kappa shape index (κ2) is 7.15. The Morgan fingerprint density at radius 1 is 1.03 bits per heavy atom. The molecule has 1 atom stereocenters. The van der Waals surface area contributed by atoms with Crippen molar-refractivity contribution in [3.63, 3.8) is 0 Å². The van der Waals surface area contributed by atoms with Crippen molar-refractivity contribution < 1.29 is 9.59 Å². The van der Waals surface area contributed by atoms with E-state index in [2.05, 4.69) is 33.2 Å². The molecule has 1 aliphatic heterocycles. The van der Waals surface area contributed by atoms with Gasteiger partial charge in [-0.25, -0.2) is 0 Å². The molecule has 6 nitrogen and oxygen atoms in total. The molecule has 2 aromatic heterocycles. The Balaban J connectivity index is 1.55. The fraction of sp³-hybridized carbons (Fsp3) is 0.125. The summed E-state index contributed by atoms with van der Waals surface area (Å²) in [5.41, 5.74) is 4.27. The molecule has 6 heteroatoms. The van der Waals surface area contributed by atoms with E-state index < -0.39 is 0 Å². The van der Waals surface area contributed by atoms with E-state index in [1.807, 2.05) is 43.4 Å². The van der Waals surface area contributed by atoms with Gasteiger partial charge in [-0.15, -0.1) is 0 Å². The van der Waals surface area contributed by atoms with Crippen LogP contribution in [0.1, 0.15) is 27.5 Å². The molecule has 2 amide bonds. The number of nitrogens with zero attached hydrogens (tertiary/aromatic N) is 3. The maximum atomic E-state index is 13.2. The topological polar surface area (TPSA) is 67.2 Å². The first kappa shape index (κ1) is 18.1. The van der Waals surface area contributed by atoms with E-state index in [4.69, 9.17) is 0 Å². The first-order valence-electron chi connectivity index (χ1n) is 9.77. The number of nitrogens with one attached hydrogen (secondary N) is 1. The molecule has 148 valence electrons. The van der Waals surface area contributed by atoms with Gasteiger partial charge in [-0.3, -0.25) is 14.6 Å². The van der Waals surface area contributed by atoms with Gasteiger partial charge >= 0.3 is 0 Å². The normalized spacial score (nSPS) is 15.4. The predicted octanol–water partition coefficient (Wildman–Crippen LogP) is 3.76. The number of para-hydroxylation sites is 1. The molecule has 5 rings (SSSR count). The van der Waals surface area contributed by atoms with E-state index in [1.54, 1.807) is 29.4 Å². The zero-order valence-electron chi connectivity index (χ0n) is 16.4. The Hall–Kier alpha value is -3.93. The minimum absolute atomic E-state index is 0.0453. The van der Waals surface area contributed by atoms with E-state index >= 15 is 0 Å². The molecule has 2 aromatic carbocycles. The summed E-state index contributed by atoms with van der Waals surface area (Å²) in [4.78, 5) is 31.7. The molecule has 0 radical (unpaired) electrons. The fourth-order valence-corrected chi connectivity index (χ4v) is 4.25. The van der Waals surface area contributed by atoms with Gasteiger partial charge < -0.3 is 14.8 Å². The average molecular weight is 396 g/mol. The SMILES string of the molecule is Cn1cc([C@@H]2c3ccccc3C(=O)N2CC(=O)Nc2cccnc2)c2ccccc21. The third kappa shape index (κ3) is 2.93. The summed E-state index contributed by atoms with van der Waals surface area (Å²) >= 11 is 0. The van der Waals surface area contributed by atoms with Crippen molar-refractivity contribution >= 4 is 28.4 Å². The number of amides is 2. The highest BCUT2D eigenvalue weighted by Gasteiger charge is 2.39. The average Bonchev–Trinajstić information content (AvgIpc) is 3.23. The Bertz CT molecular complexity index is 1260. The highest BCUT2D eigenvalue weighted by Crippen LogP contribution is 2.41. The number of hydrogen-bond donors (Lipinski definition) is 1. The molecule has 0 fully saturated rings. The maximum Gasteiger partial charge on any atom is 0.255 e. The first-order chi connectivity index (χ1) is 14.6. The Morgan fingerprint density at radius 2 is 1.83 bits per heavy atom. The number of pyridine rings is 1. The van der Waals surface area contributed by atoms with Crippen molar-refractivity contribution in [1.82, 2.24) is 14.5 Å². The highest BCUT2D eigenvalue weighted by molar-refractivity contribution is 6.04. The molecule has 0 spiro atoms. The lowest BCUT2D eigenvalue weighted by molar-refractivity contribution is -0.117. The second-order valence-electron chi connectivity index (χ2n) is 7.43. The summed E-state index contributed by atoms with van der Waals surface area (Å²) in [5, 5.41) is 3.91. The Labute approximate surface area is 173 Å². The summed E-state index contributed by atoms with van der Waals surface area (Å²) in [6.45, 7) is -0.0453. The van der Waals surface area contributed by atoms with Crippen molar-refractivity contribution in [3.8, 4) is 0 Å². The number of carbonyl (C=O) groups excluding carboxylic acids is 2. The molecule has 1 aliphatic rings. The molecular formula is C24H20N4O2. The number of benzene rings is 2. The molecule has 0 aliphatic carbocycles. The van der Waals surface area contributed by atoms with E-state index in [0.29, 0.717) is 11.3 Å². The predicted molar refractivity (Wildman–Crippen MR) is 115 cm³/mol. The number of aromatic nitrogens is 2. The van der Waals surface area contributed by atoms with Crippen LogP contribution in [0.4, 0.5) is 5.69 Å². The molecule has 0 saturated carbocycles. The zero-order chi connectivity index (χ0) is 20.7. The molecule has 0 unspecified atom stereocenters. The van der Waals surface area contributed by atoms with Gasteiger partial charge in [0, 0.05) is 41.5 Å². The van der Waals surface area contributed by atoms with Crippen LogP contribution in [-0.4, -0.2) is 32.8 Å². The summed E-state index contributed by atoms with van der Waals surface area (Å²) in [6, 6.07) is 18.9. The monoisotopic (exact) mass is 396 g/mol. The summed E-state index contributed by atoms with van der Waals surface area (Å²) in [5.74, 6) is -0.390. The number of hydrogen-bond acceptors (Lipinski definition) is 3. The Morgan fingerprint density at radius 3 is 2.67 bits per heavy atom. The van der Waals surface area contributed by atoms with Crippen LogP contribution >= 0.6 is 0 Å². The standard InChI is InChI=1S/C24H20N4O2/c1-27-14-20(17-8-4-5-11-21(17)27)23-18-9-2-3-10-19(18)24(30)28(23)15-22(29)26-16-7-6-12-25-13-16/h2-14,23H,15H2,1H3,(H,26,29)/t23-/m0/s1. The second-order valence-corrected chi connectivity index (χ2v) is 7.43. The fourth-order valence-electron chi connectivity index (χ4n) is 4.25. The van der Waals surface area contributed by atoms with Crippen LogP contribution in [0.5, 0.6) is 0 Å². The van der Waals surface area contributed by atoms with Gasteiger partial charge in [0.1, 0.15) is 6.54 Å². The number of fused-ring (bicyclic) bond motifs is 2. The largest absolute Gasteiger partial charge is 0.350 e. The summed E-state index contributed by atoms with van der Waals surface area (Å²) in [6.07, 6.45) is 5.28. The minimum atomic E-state index is -0.320. The van der Waals surface area contributed by atoms with Crippen LogP contribution < -0.4 is 5.32 Å². The third-order valence-electron chi connectivity index (χ3n) is 5.54. The molecule has 1 N–H and O–H groups in total. The van der Waals surface area contributed by atoms with Crippen molar-refractivity contribution in [2.24, 2.45) is 7.05 Å². The van der Waals surface area contributed by atoms with Crippen LogP contribution in [0.15, 0.2) is 79.3 Å². The smallest absolute Gasteiger partial charge is 0.255 e. The lowest BCUT2D eigenvalue weighted by Gasteiger charge is -2.25. The molecule has 30 heavy (non-hydrogen) atoms. The third-order valence-corrected chi connectivity index (χ3v) is 5.54. The lowest BCUT2D eigenvalue weighted by Crippen LogP contribution is -2.36. The van der Waals surface area contributed by atoms with Crippen LogP contribution in [0.3, 0.4) is 0 Å². The van der Waals surface area contributed by atoms with Crippen molar-refractivity contribution in [3.05, 3.63) is 95.9 Å². The molecule has 0 bridgehead atoms. The van der Waals surface area contributed by atoms with Gasteiger partial charge in [0.2, 0.25) is 5.91 Å².